The summed E-state index contributed by atoms with van der Waals surface area (Å²) in [5.74, 6) is 3.89. The molecule has 130 valence electrons. The average Bonchev–Trinajstić information content (AvgIpc) is 3.23. The molecule has 2 aromatic rings. The van der Waals surface area contributed by atoms with Crippen LogP contribution >= 0.6 is 0 Å². The number of nitrogens with zero attached hydrogens (tertiary/aromatic N) is 4. The van der Waals surface area contributed by atoms with Crippen molar-refractivity contribution in [2.45, 2.75) is 64.6 Å². The van der Waals surface area contributed by atoms with Crippen molar-refractivity contribution in [1.82, 2.24) is 19.7 Å². The van der Waals surface area contributed by atoms with Gasteiger partial charge in [0.2, 0.25) is 0 Å². The van der Waals surface area contributed by atoms with Gasteiger partial charge in [0, 0.05) is 19.0 Å². The second-order valence-electron chi connectivity index (χ2n) is 6.72. The zero-order chi connectivity index (χ0) is 16.4. The molecule has 6 nitrogen and oxygen atoms in total. The van der Waals surface area contributed by atoms with Crippen molar-refractivity contribution in [2.75, 3.05) is 13.2 Å². The van der Waals surface area contributed by atoms with Crippen LogP contribution in [0, 0.1) is 0 Å². The third-order valence-electron chi connectivity index (χ3n) is 5.08. The molecule has 2 aliphatic heterocycles. The Bertz CT molecular complexity index is 678. The van der Waals surface area contributed by atoms with Gasteiger partial charge in [0.25, 0.3) is 5.95 Å². The Hall–Kier alpha value is -1.82. The lowest BCUT2D eigenvalue weighted by Crippen LogP contribution is -2.35. The van der Waals surface area contributed by atoms with Crippen LogP contribution in [0.25, 0.3) is 0 Å². The van der Waals surface area contributed by atoms with Crippen molar-refractivity contribution in [3.63, 3.8) is 0 Å². The van der Waals surface area contributed by atoms with Crippen LogP contribution in [0.1, 0.15) is 62.5 Å². The van der Waals surface area contributed by atoms with Crippen LogP contribution < -0.4 is 4.74 Å². The molecule has 4 heterocycles. The van der Waals surface area contributed by atoms with Gasteiger partial charge in [-0.1, -0.05) is 6.42 Å². The number of fused-ring (bicyclic) bond motifs is 1. The van der Waals surface area contributed by atoms with Gasteiger partial charge in [0.1, 0.15) is 17.4 Å². The highest BCUT2D eigenvalue weighted by Gasteiger charge is 2.30. The molecule has 0 amide bonds. The number of furan rings is 1. The SMILES string of the molecule is CCOc1ccc(CN2CCCCC2c2nnc3n2CCCC3)o1. The Morgan fingerprint density at radius 1 is 1.17 bits per heavy atom. The van der Waals surface area contributed by atoms with E-state index < -0.39 is 0 Å². The van der Waals surface area contributed by atoms with Gasteiger partial charge >= 0.3 is 0 Å². The maximum atomic E-state index is 5.80. The quantitative estimate of drug-likeness (QED) is 0.841. The smallest absolute Gasteiger partial charge is 0.284 e. The van der Waals surface area contributed by atoms with Gasteiger partial charge in [-0.25, -0.2) is 0 Å². The number of aromatic nitrogens is 3. The summed E-state index contributed by atoms with van der Waals surface area (Å²) < 4.78 is 13.6. The number of likely N-dealkylation sites (tertiary alicyclic amines) is 1. The number of aryl methyl sites for hydroxylation is 1. The van der Waals surface area contributed by atoms with Crippen molar-refractivity contribution in [1.29, 1.82) is 0 Å². The molecule has 2 aromatic heterocycles. The number of hydrogen-bond donors (Lipinski definition) is 0. The lowest BCUT2D eigenvalue weighted by Gasteiger charge is -2.34. The molecule has 0 saturated carbocycles. The maximum Gasteiger partial charge on any atom is 0.284 e. The fourth-order valence-electron chi connectivity index (χ4n) is 3.91. The zero-order valence-corrected chi connectivity index (χ0v) is 14.4. The Morgan fingerprint density at radius 2 is 2.08 bits per heavy atom. The summed E-state index contributed by atoms with van der Waals surface area (Å²) in [5, 5.41) is 9.01. The van der Waals surface area contributed by atoms with Crippen LogP contribution in [0.15, 0.2) is 16.5 Å². The molecular formula is C18H26N4O2. The van der Waals surface area contributed by atoms with Crippen molar-refractivity contribution >= 4 is 0 Å². The third-order valence-corrected chi connectivity index (χ3v) is 5.08. The van der Waals surface area contributed by atoms with Crippen molar-refractivity contribution in [2.24, 2.45) is 0 Å². The number of ether oxygens (including phenoxy) is 1. The highest BCUT2D eigenvalue weighted by Crippen LogP contribution is 2.33. The van der Waals surface area contributed by atoms with E-state index in [1.54, 1.807) is 0 Å². The number of hydrogen-bond acceptors (Lipinski definition) is 5. The average molecular weight is 330 g/mol. The summed E-state index contributed by atoms with van der Waals surface area (Å²) in [6, 6.07) is 4.28. The second-order valence-corrected chi connectivity index (χ2v) is 6.72. The first kappa shape index (κ1) is 15.7. The molecule has 4 rings (SSSR count). The van der Waals surface area contributed by atoms with Crippen LogP contribution in [0.5, 0.6) is 5.95 Å². The van der Waals surface area contributed by atoms with Gasteiger partial charge in [-0.15, -0.1) is 10.2 Å². The Kier molecular flexibility index (Phi) is 4.56. The van der Waals surface area contributed by atoms with E-state index >= 15 is 0 Å². The second kappa shape index (κ2) is 6.97. The summed E-state index contributed by atoms with van der Waals surface area (Å²) >= 11 is 0. The Labute approximate surface area is 142 Å². The fraction of sp³-hybridized carbons (Fsp3) is 0.667. The largest absolute Gasteiger partial charge is 0.465 e. The summed E-state index contributed by atoms with van der Waals surface area (Å²) in [5.41, 5.74) is 0. The van der Waals surface area contributed by atoms with Gasteiger partial charge in [0.05, 0.1) is 19.2 Å². The van der Waals surface area contributed by atoms with E-state index in [0.29, 0.717) is 18.6 Å². The molecule has 0 spiro atoms. The number of rotatable bonds is 5. The van der Waals surface area contributed by atoms with Crippen LogP contribution in [-0.4, -0.2) is 32.8 Å². The van der Waals surface area contributed by atoms with Crippen LogP contribution in [-0.2, 0) is 19.5 Å². The molecular weight excluding hydrogens is 304 g/mol. The van der Waals surface area contributed by atoms with Gasteiger partial charge in [-0.05, 0) is 45.2 Å². The molecule has 2 aliphatic rings. The van der Waals surface area contributed by atoms with Gasteiger partial charge in [-0.3, -0.25) is 4.90 Å². The van der Waals surface area contributed by atoms with E-state index in [0.717, 1.165) is 44.1 Å². The minimum absolute atomic E-state index is 0.346. The normalized spacial score (nSPS) is 21.6. The number of piperidine rings is 1. The van der Waals surface area contributed by atoms with E-state index in [1.165, 1.54) is 31.5 Å². The summed E-state index contributed by atoms with van der Waals surface area (Å²) in [6.07, 6.45) is 7.18. The standard InChI is InChI=1S/C18H26N4O2/c1-2-23-17-10-9-14(24-17)13-21-11-5-3-7-15(21)18-20-19-16-8-4-6-12-22(16)18/h9-10,15H,2-8,11-13H2,1H3. The molecule has 0 radical (unpaired) electrons. The molecule has 1 saturated heterocycles. The van der Waals surface area contributed by atoms with Crippen LogP contribution in [0.2, 0.25) is 0 Å². The molecule has 0 bridgehead atoms. The maximum absolute atomic E-state index is 5.80. The molecule has 0 aromatic carbocycles. The predicted octanol–water partition coefficient (Wildman–Crippen LogP) is 3.33. The molecule has 6 heteroatoms. The molecule has 0 aliphatic carbocycles. The van der Waals surface area contributed by atoms with Gasteiger partial charge < -0.3 is 13.7 Å². The van der Waals surface area contributed by atoms with E-state index in [4.69, 9.17) is 9.15 Å². The van der Waals surface area contributed by atoms with E-state index in [9.17, 15) is 0 Å². The highest BCUT2D eigenvalue weighted by atomic mass is 16.6. The molecule has 1 fully saturated rings. The first-order valence-electron chi connectivity index (χ1n) is 9.22. The van der Waals surface area contributed by atoms with Crippen LogP contribution in [0.3, 0.4) is 0 Å². The Morgan fingerprint density at radius 3 is 3.00 bits per heavy atom. The van der Waals surface area contributed by atoms with Gasteiger partial charge in [0.15, 0.2) is 0 Å². The van der Waals surface area contributed by atoms with Crippen molar-refractivity contribution in [3.05, 3.63) is 29.5 Å². The van der Waals surface area contributed by atoms with E-state index in [2.05, 4.69) is 19.7 Å². The molecule has 1 unspecified atom stereocenters. The first-order chi connectivity index (χ1) is 11.8. The minimum Gasteiger partial charge on any atom is -0.465 e. The fourth-order valence-corrected chi connectivity index (χ4v) is 3.91. The van der Waals surface area contributed by atoms with E-state index in [1.807, 2.05) is 19.1 Å². The summed E-state index contributed by atoms with van der Waals surface area (Å²) in [4.78, 5) is 2.49. The lowest BCUT2D eigenvalue weighted by molar-refractivity contribution is 0.117. The van der Waals surface area contributed by atoms with Crippen molar-refractivity contribution in [3.8, 4) is 5.95 Å². The van der Waals surface area contributed by atoms with Crippen molar-refractivity contribution < 1.29 is 9.15 Å². The minimum atomic E-state index is 0.346. The third kappa shape index (κ3) is 3.07. The summed E-state index contributed by atoms with van der Waals surface area (Å²) in [7, 11) is 0. The molecule has 0 N–H and O–H groups in total. The lowest BCUT2D eigenvalue weighted by atomic mass is 10.0. The first-order valence-corrected chi connectivity index (χ1v) is 9.22. The van der Waals surface area contributed by atoms with Crippen LogP contribution in [0.4, 0.5) is 0 Å². The predicted molar refractivity (Wildman–Crippen MR) is 89.8 cm³/mol. The molecule has 24 heavy (non-hydrogen) atoms. The monoisotopic (exact) mass is 330 g/mol. The zero-order valence-electron chi connectivity index (χ0n) is 14.4. The summed E-state index contributed by atoms with van der Waals surface area (Å²) in [6.45, 7) is 5.55. The topological polar surface area (TPSA) is 56.3 Å². The highest BCUT2D eigenvalue weighted by molar-refractivity contribution is 5.13. The Balaban J connectivity index is 1.53. The molecule has 1 atom stereocenters. The van der Waals surface area contributed by atoms with E-state index in [-0.39, 0.29) is 0 Å². The van der Waals surface area contributed by atoms with Gasteiger partial charge in [-0.2, -0.15) is 0 Å².